The van der Waals surface area contributed by atoms with E-state index in [0.29, 0.717) is 27.7 Å². The number of methoxy groups -OCH3 is 1. The highest BCUT2D eigenvalue weighted by Crippen LogP contribution is 2.63. The van der Waals surface area contributed by atoms with Gasteiger partial charge in [0.1, 0.15) is 21.8 Å². The molecule has 2 aromatic rings. The van der Waals surface area contributed by atoms with Crippen molar-refractivity contribution in [3.05, 3.63) is 21.3 Å². The lowest BCUT2D eigenvalue weighted by Crippen LogP contribution is -2.46. The fraction of sp³-hybridized carbons (Fsp3) is 0.619. The largest absolute Gasteiger partial charge is 0.467 e. The highest BCUT2D eigenvalue weighted by molar-refractivity contribution is 9.10. The van der Waals surface area contributed by atoms with E-state index in [1.54, 1.807) is 25.5 Å². The van der Waals surface area contributed by atoms with Crippen LogP contribution < -0.4 is 0 Å². The van der Waals surface area contributed by atoms with Crippen molar-refractivity contribution in [1.29, 1.82) is 0 Å². The van der Waals surface area contributed by atoms with Gasteiger partial charge in [0.05, 0.1) is 24.2 Å². The van der Waals surface area contributed by atoms with Gasteiger partial charge in [-0.25, -0.2) is 19.0 Å². The average molecular weight is 530 g/mol. The molecule has 1 amide bonds. The van der Waals surface area contributed by atoms with Crippen LogP contribution in [-0.4, -0.2) is 57.0 Å². The molecule has 1 aliphatic heterocycles. The maximum absolute atomic E-state index is 15.0. The van der Waals surface area contributed by atoms with Gasteiger partial charge < -0.3 is 9.47 Å². The molecule has 4 atom stereocenters. The first-order chi connectivity index (χ1) is 15.0. The van der Waals surface area contributed by atoms with Crippen LogP contribution in [0, 0.1) is 17.7 Å². The summed E-state index contributed by atoms with van der Waals surface area (Å²) in [5, 5.41) is 5.13. The second kappa shape index (κ2) is 7.28. The molecule has 8 nitrogen and oxygen atoms in total. The van der Waals surface area contributed by atoms with Crippen LogP contribution in [0.1, 0.15) is 51.3 Å². The lowest BCUT2D eigenvalue weighted by molar-refractivity contribution is -0.146. The van der Waals surface area contributed by atoms with E-state index in [1.807, 2.05) is 0 Å². The molecule has 0 radical (unpaired) electrons. The second-order valence-corrected chi connectivity index (χ2v) is 10.8. The monoisotopic (exact) mass is 528 g/mol. The van der Waals surface area contributed by atoms with Gasteiger partial charge in [0, 0.05) is 18.4 Å². The Morgan fingerprint density at radius 2 is 1.97 bits per heavy atom. The zero-order valence-electron chi connectivity index (χ0n) is 18.1. The van der Waals surface area contributed by atoms with Gasteiger partial charge in [0.2, 0.25) is 0 Å². The van der Waals surface area contributed by atoms with Gasteiger partial charge in [-0.1, -0.05) is 11.6 Å². The summed E-state index contributed by atoms with van der Waals surface area (Å²) >= 11 is 9.43. The number of fused-ring (bicyclic) bond motifs is 2. The third-order valence-corrected chi connectivity index (χ3v) is 7.17. The van der Waals surface area contributed by atoms with Gasteiger partial charge in [-0.2, -0.15) is 5.10 Å². The number of carbonyl (C=O) groups excluding carboxylic acids is 2. The maximum Gasteiger partial charge on any atom is 0.411 e. The second-order valence-electron chi connectivity index (χ2n) is 9.66. The topological polar surface area (TPSA) is 86.5 Å². The molecule has 2 aromatic heterocycles. The van der Waals surface area contributed by atoms with Crippen LogP contribution in [0.15, 0.2) is 4.60 Å². The maximum atomic E-state index is 15.0. The number of piperidine rings is 1. The Kier molecular flexibility index (Phi) is 4.98. The summed E-state index contributed by atoms with van der Waals surface area (Å²) in [6, 6.07) is -0.658. The standard InChI is InChI=1S/C21H23BrClFN4O4/c1-21(2,3)32-20(30)27-7-9-10(11(9)16(27)19(29)31-4)14-12-15(28(26-14)8-5-6-8)13(24)18(23)25-17(12)22/h8-11,16H,5-7H2,1-4H3/t9-,10-,11-,16+/m1/s1. The molecule has 0 aromatic carbocycles. The van der Waals surface area contributed by atoms with Crippen LogP contribution in [0.5, 0.6) is 0 Å². The van der Waals surface area contributed by atoms with E-state index in [1.165, 1.54) is 12.0 Å². The normalized spacial score (nSPS) is 26.9. The molecule has 2 saturated carbocycles. The molecule has 5 rings (SSSR count). The molecule has 1 saturated heterocycles. The Balaban J connectivity index is 1.53. The zero-order valence-corrected chi connectivity index (χ0v) is 20.4. The minimum absolute atomic E-state index is 0.0111. The number of amides is 1. The van der Waals surface area contributed by atoms with Crippen molar-refractivity contribution in [2.45, 2.75) is 57.2 Å². The molecule has 32 heavy (non-hydrogen) atoms. The van der Waals surface area contributed by atoms with Gasteiger partial charge in [-0.3, -0.25) is 9.58 Å². The number of pyridine rings is 1. The van der Waals surface area contributed by atoms with Crippen LogP contribution in [0.2, 0.25) is 5.15 Å². The zero-order chi connectivity index (χ0) is 23.1. The first-order valence-corrected chi connectivity index (χ1v) is 11.7. The highest BCUT2D eigenvalue weighted by Gasteiger charge is 2.67. The van der Waals surface area contributed by atoms with E-state index in [4.69, 9.17) is 26.2 Å². The quantitative estimate of drug-likeness (QED) is 0.432. The molecular weight excluding hydrogens is 507 g/mol. The average Bonchev–Trinajstić information content (AvgIpc) is 3.60. The van der Waals surface area contributed by atoms with Crippen molar-refractivity contribution in [3.8, 4) is 0 Å². The summed E-state index contributed by atoms with van der Waals surface area (Å²) in [5.74, 6) is -1.42. The number of carbonyl (C=O) groups is 2. The number of rotatable bonds is 3. The molecule has 172 valence electrons. The summed E-state index contributed by atoms with van der Waals surface area (Å²) < 4.78 is 27.6. The van der Waals surface area contributed by atoms with Crippen LogP contribution in [0.4, 0.5) is 9.18 Å². The first-order valence-electron chi connectivity index (χ1n) is 10.5. The lowest BCUT2D eigenvalue weighted by atomic mass is 10.1. The van der Waals surface area contributed by atoms with Crippen LogP contribution in [0.3, 0.4) is 0 Å². The van der Waals surface area contributed by atoms with Crippen molar-refractivity contribution in [3.63, 3.8) is 0 Å². The van der Waals surface area contributed by atoms with E-state index in [9.17, 15) is 14.0 Å². The predicted molar refractivity (Wildman–Crippen MR) is 117 cm³/mol. The Morgan fingerprint density at radius 1 is 1.28 bits per heavy atom. The molecule has 2 aliphatic carbocycles. The molecule has 3 fully saturated rings. The summed E-state index contributed by atoms with van der Waals surface area (Å²) in [4.78, 5) is 30.9. The van der Waals surface area contributed by atoms with Crippen molar-refractivity contribution in [2.24, 2.45) is 11.8 Å². The smallest absolute Gasteiger partial charge is 0.411 e. The van der Waals surface area contributed by atoms with Crippen molar-refractivity contribution >= 4 is 50.5 Å². The number of aromatic nitrogens is 3. The minimum atomic E-state index is -0.783. The minimum Gasteiger partial charge on any atom is -0.467 e. The van der Waals surface area contributed by atoms with E-state index >= 15 is 0 Å². The summed E-state index contributed by atoms with van der Waals surface area (Å²) in [6.45, 7) is 5.67. The molecular formula is C21H23BrClFN4O4. The summed E-state index contributed by atoms with van der Waals surface area (Å²) in [6.07, 6.45) is 1.29. The van der Waals surface area contributed by atoms with Crippen LogP contribution in [0.25, 0.3) is 10.9 Å². The molecule has 3 aliphatic rings. The Labute approximate surface area is 197 Å². The fourth-order valence-electron chi connectivity index (χ4n) is 4.88. The third kappa shape index (κ3) is 3.37. The Morgan fingerprint density at radius 3 is 2.56 bits per heavy atom. The predicted octanol–water partition coefficient (Wildman–Crippen LogP) is 4.44. The first kappa shape index (κ1) is 21.9. The number of halogens is 3. The van der Waals surface area contributed by atoms with Crippen molar-refractivity contribution in [2.75, 3.05) is 13.7 Å². The SMILES string of the molecule is COC(=O)[C@@H]1[C@@H]2[C@H](CN1C(=O)OC(C)(C)C)[C@H]2c1nn(C2CC2)c2c(F)c(Cl)nc(Br)c12. The molecule has 0 unspecified atom stereocenters. The molecule has 0 spiro atoms. The highest BCUT2D eigenvalue weighted by atomic mass is 79.9. The number of hydrogen-bond acceptors (Lipinski definition) is 6. The fourth-order valence-corrected chi connectivity index (χ4v) is 5.73. The van der Waals surface area contributed by atoms with Crippen molar-refractivity contribution < 1.29 is 23.5 Å². The number of ether oxygens (including phenoxy) is 2. The molecule has 3 heterocycles. The van der Waals surface area contributed by atoms with Crippen molar-refractivity contribution in [1.82, 2.24) is 19.7 Å². The van der Waals surface area contributed by atoms with Gasteiger partial charge >= 0.3 is 12.1 Å². The van der Waals surface area contributed by atoms with Crippen LogP contribution >= 0.6 is 27.5 Å². The summed E-state index contributed by atoms with van der Waals surface area (Å²) in [7, 11) is 1.30. The molecule has 0 bridgehead atoms. The Hall–Kier alpha value is -1.94. The Bertz CT molecular complexity index is 1150. The van der Waals surface area contributed by atoms with Gasteiger partial charge in [-0.15, -0.1) is 0 Å². The third-order valence-electron chi connectivity index (χ3n) is 6.35. The number of likely N-dealkylation sites (tertiary alicyclic amines) is 1. The van der Waals surface area contributed by atoms with E-state index in [2.05, 4.69) is 20.9 Å². The molecule has 0 N–H and O–H groups in total. The summed E-state index contributed by atoms with van der Waals surface area (Å²) in [5.41, 5.74) is 0.323. The van der Waals surface area contributed by atoms with E-state index in [0.717, 1.165) is 12.8 Å². The van der Waals surface area contributed by atoms with Crippen LogP contribution in [-0.2, 0) is 14.3 Å². The van der Waals surface area contributed by atoms with Gasteiger partial charge in [-0.05, 0) is 55.5 Å². The van der Waals surface area contributed by atoms with Gasteiger partial charge in [0.25, 0.3) is 0 Å². The number of nitrogens with zero attached hydrogens (tertiary/aromatic N) is 4. The van der Waals surface area contributed by atoms with Gasteiger partial charge in [0.15, 0.2) is 11.0 Å². The van der Waals surface area contributed by atoms with E-state index in [-0.39, 0.29) is 28.9 Å². The number of esters is 1. The lowest BCUT2D eigenvalue weighted by Gasteiger charge is -2.29. The molecule has 11 heteroatoms. The number of hydrogen-bond donors (Lipinski definition) is 0. The van der Waals surface area contributed by atoms with E-state index < -0.39 is 29.5 Å².